The molecule has 1 atom stereocenters. The number of aliphatic hydroxyl groups is 1. The maximum Gasteiger partial charge on any atom is 0.295 e. The summed E-state index contributed by atoms with van der Waals surface area (Å²) < 4.78 is 11.0. The fourth-order valence-electron chi connectivity index (χ4n) is 5.04. The maximum atomic E-state index is 13.4. The summed E-state index contributed by atoms with van der Waals surface area (Å²) in [6, 6.07) is 20.0. The van der Waals surface area contributed by atoms with Gasteiger partial charge in [0.1, 0.15) is 17.3 Å². The summed E-state index contributed by atoms with van der Waals surface area (Å²) >= 11 is 0. The van der Waals surface area contributed by atoms with Gasteiger partial charge in [0.15, 0.2) is 0 Å². The molecule has 5 rings (SSSR count). The van der Waals surface area contributed by atoms with Crippen LogP contribution in [-0.4, -0.2) is 35.4 Å². The van der Waals surface area contributed by atoms with Gasteiger partial charge < -0.3 is 19.5 Å². The zero-order valence-corrected chi connectivity index (χ0v) is 21.4. The van der Waals surface area contributed by atoms with Crippen molar-refractivity contribution in [1.29, 1.82) is 0 Å². The average molecular weight is 498 g/mol. The Morgan fingerprint density at radius 3 is 2.46 bits per heavy atom. The van der Waals surface area contributed by atoms with E-state index in [-0.39, 0.29) is 17.9 Å². The Balaban J connectivity index is 1.60. The summed E-state index contributed by atoms with van der Waals surface area (Å²) in [7, 11) is 1.60. The molecule has 0 aromatic heterocycles. The van der Waals surface area contributed by atoms with E-state index in [1.54, 1.807) is 18.1 Å². The molecule has 0 spiro atoms. The first-order valence-electron chi connectivity index (χ1n) is 12.6. The quantitative estimate of drug-likeness (QED) is 0.266. The fraction of sp³-hybridized carbons (Fsp3) is 0.290. The van der Waals surface area contributed by atoms with Crippen LogP contribution in [0.15, 0.2) is 72.3 Å². The van der Waals surface area contributed by atoms with Crippen LogP contribution in [-0.2, 0) is 22.6 Å². The zero-order chi connectivity index (χ0) is 26.1. The molecule has 2 heterocycles. The van der Waals surface area contributed by atoms with Crippen molar-refractivity contribution in [3.63, 3.8) is 0 Å². The van der Waals surface area contributed by atoms with Crippen LogP contribution in [0.2, 0.25) is 0 Å². The van der Waals surface area contributed by atoms with Crippen molar-refractivity contribution in [3.05, 3.63) is 100 Å². The van der Waals surface area contributed by atoms with Crippen molar-refractivity contribution < 1.29 is 24.2 Å². The molecule has 2 aliphatic heterocycles. The molecule has 0 radical (unpaired) electrons. The molecule has 1 N–H and O–H groups in total. The van der Waals surface area contributed by atoms with E-state index >= 15 is 0 Å². The lowest BCUT2D eigenvalue weighted by Crippen LogP contribution is -2.29. The number of hydrogen-bond acceptors (Lipinski definition) is 5. The SMILES string of the molecule is COc1ccc(CN2C(=O)C(=O)/C(=C(\O)c3ccc4c(c3)CCCO4)C2c2ccc(C(C)C)cc2)cc1. The predicted molar refractivity (Wildman–Crippen MR) is 142 cm³/mol. The summed E-state index contributed by atoms with van der Waals surface area (Å²) in [5.74, 6) is 0.375. The lowest BCUT2D eigenvalue weighted by Gasteiger charge is -2.26. The second-order valence-electron chi connectivity index (χ2n) is 9.87. The number of amides is 1. The van der Waals surface area contributed by atoms with E-state index in [0.717, 1.165) is 40.8 Å². The number of hydrogen-bond donors (Lipinski definition) is 1. The highest BCUT2D eigenvalue weighted by Crippen LogP contribution is 2.41. The molecular formula is C31H31NO5. The van der Waals surface area contributed by atoms with Gasteiger partial charge in [-0.05, 0) is 71.3 Å². The third-order valence-electron chi connectivity index (χ3n) is 7.15. The molecule has 0 bridgehead atoms. The highest BCUT2D eigenvalue weighted by Gasteiger charge is 2.46. The van der Waals surface area contributed by atoms with E-state index in [2.05, 4.69) is 13.8 Å². The summed E-state index contributed by atoms with van der Waals surface area (Å²) in [6.07, 6.45) is 1.73. The average Bonchev–Trinajstić information content (AvgIpc) is 3.17. The number of Topliss-reactive ketones (excluding diaryl/α,β-unsaturated/α-hetero) is 1. The van der Waals surface area contributed by atoms with E-state index in [9.17, 15) is 14.7 Å². The highest BCUT2D eigenvalue weighted by atomic mass is 16.5. The van der Waals surface area contributed by atoms with E-state index in [0.29, 0.717) is 23.8 Å². The molecule has 190 valence electrons. The molecule has 6 nitrogen and oxygen atoms in total. The van der Waals surface area contributed by atoms with E-state index in [4.69, 9.17) is 9.47 Å². The number of ether oxygens (including phenoxy) is 2. The van der Waals surface area contributed by atoms with Gasteiger partial charge in [-0.2, -0.15) is 0 Å². The first-order valence-corrected chi connectivity index (χ1v) is 12.6. The molecule has 3 aromatic carbocycles. The Bertz CT molecular complexity index is 1360. The van der Waals surface area contributed by atoms with Crippen molar-refractivity contribution >= 4 is 17.4 Å². The van der Waals surface area contributed by atoms with E-state index in [1.165, 1.54) is 0 Å². The molecule has 0 saturated carbocycles. The predicted octanol–water partition coefficient (Wildman–Crippen LogP) is 5.77. The Labute approximate surface area is 217 Å². The van der Waals surface area contributed by atoms with Crippen LogP contribution in [0.3, 0.4) is 0 Å². The maximum absolute atomic E-state index is 13.4. The lowest BCUT2D eigenvalue weighted by molar-refractivity contribution is -0.140. The first-order chi connectivity index (χ1) is 17.9. The molecular weight excluding hydrogens is 466 g/mol. The minimum atomic E-state index is -0.712. The third kappa shape index (κ3) is 4.71. The normalized spacial score (nSPS) is 18.6. The van der Waals surface area contributed by atoms with Gasteiger partial charge in [-0.15, -0.1) is 0 Å². The van der Waals surface area contributed by atoms with Crippen molar-refractivity contribution in [1.82, 2.24) is 4.90 Å². The smallest absolute Gasteiger partial charge is 0.295 e. The molecule has 3 aromatic rings. The van der Waals surface area contributed by atoms with Crippen LogP contribution in [0.5, 0.6) is 11.5 Å². The first kappa shape index (κ1) is 24.6. The number of ketones is 1. The van der Waals surface area contributed by atoms with Gasteiger partial charge in [-0.3, -0.25) is 9.59 Å². The molecule has 6 heteroatoms. The standard InChI is InChI=1S/C31H31NO5/c1-19(2)21-8-10-22(11-9-21)28-27(29(33)24-12-15-26-23(17-24)5-4-16-37-26)30(34)31(35)32(28)18-20-6-13-25(36-3)14-7-20/h6-15,17,19,28,33H,4-5,16,18H2,1-3H3/b29-27-. The molecule has 0 aliphatic carbocycles. The second kappa shape index (κ2) is 10.1. The lowest BCUT2D eigenvalue weighted by atomic mass is 9.92. The number of carbonyl (C=O) groups is 2. The molecule has 1 saturated heterocycles. The summed E-state index contributed by atoms with van der Waals surface area (Å²) in [5, 5.41) is 11.5. The Morgan fingerprint density at radius 1 is 1.05 bits per heavy atom. The Hall–Kier alpha value is -4.06. The number of aryl methyl sites for hydroxylation is 1. The van der Waals surface area contributed by atoms with Crippen molar-refractivity contribution in [2.75, 3.05) is 13.7 Å². The van der Waals surface area contributed by atoms with Gasteiger partial charge in [-0.25, -0.2) is 0 Å². The largest absolute Gasteiger partial charge is 0.507 e. The number of rotatable bonds is 6. The minimum absolute atomic E-state index is 0.104. The number of likely N-dealkylation sites (tertiary alicyclic amines) is 1. The highest BCUT2D eigenvalue weighted by molar-refractivity contribution is 6.46. The van der Waals surface area contributed by atoms with E-state index < -0.39 is 17.7 Å². The van der Waals surface area contributed by atoms with Gasteiger partial charge in [-0.1, -0.05) is 50.2 Å². The number of nitrogens with zero attached hydrogens (tertiary/aromatic N) is 1. The summed E-state index contributed by atoms with van der Waals surface area (Å²) in [5.41, 5.74) is 4.39. The van der Waals surface area contributed by atoms with Crippen LogP contribution in [0.25, 0.3) is 5.76 Å². The third-order valence-corrected chi connectivity index (χ3v) is 7.15. The van der Waals surface area contributed by atoms with Crippen molar-refractivity contribution in [3.8, 4) is 11.5 Å². The number of fused-ring (bicyclic) bond motifs is 1. The number of aliphatic hydroxyl groups excluding tert-OH is 1. The fourth-order valence-corrected chi connectivity index (χ4v) is 5.04. The van der Waals surface area contributed by atoms with Gasteiger partial charge in [0.05, 0.1) is 25.3 Å². The van der Waals surface area contributed by atoms with Crippen LogP contribution >= 0.6 is 0 Å². The summed E-state index contributed by atoms with van der Waals surface area (Å²) in [6.45, 7) is 5.12. The molecule has 2 aliphatic rings. The van der Waals surface area contributed by atoms with E-state index in [1.807, 2.05) is 60.7 Å². The Morgan fingerprint density at radius 2 is 1.78 bits per heavy atom. The van der Waals surface area contributed by atoms with Crippen molar-refractivity contribution in [2.45, 2.75) is 45.2 Å². The zero-order valence-electron chi connectivity index (χ0n) is 21.4. The number of benzene rings is 3. The number of carbonyl (C=O) groups excluding carboxylic acids is 2. The molecule has 1 amide bonds. The molecule has 37 heavy (non-hydrogen) atoms. The van der Waals surface area contributed by atoms with Gasteiger partial charge in [0, 0.05) is 12.1 Å². The molecule has 1 fully saturated rings. The topological polar surface area (TPSA) is 76.1 Å². The number of methoxy groups -OCH3 is 1. The van der Waals surface area contributed by atoms with Crippen molar-refractivity contribution in [2.24, 2.45) is 0 Å². The van der Waals surface area contributed by atoms with Crippen LogP contribution in [0.1, 0.15) is 60.0 Å². The monoisotopic (exact) mass is 497 g/mol. The second-order valence-corrected chi connectivity index (χ2v) is 9.87. The van der Waals surface area contributed by atoms with Crippen LogP contribution in [0, 0.1) is 0 Å². The molecule has 1 unspecified atom stereocenters. The Kier molecular flexibility index (Phi) is 6.74. The van der Waals surface area contributed by atoms with Crippen LogP contribution < -0.4 is 9.47 Å². The van der Waals surface area contributed by atoms with Gasteiger partial charge in [0.2, 0.25) is 0 Å². The van der Waals surface area contributed by atoms with Gasteiger partial charge in [0.25, 0.3) is 11.7 Å². The van der Waals surface area contributed by atoms with Gasteiger partial charge >= 0.3 is 0 Å². The summed E-state index contributed by atoms with van der Waals surface area (Å²) in [4.78, 5) is 28.3. The minimum Gasteiger partial charge on any atom is -0.507 e. The van der Waals surface area contributed by atoms with Crippen LogP contribution in [0.4, 0.5) is 0 Å².